The van der Waals surface area contributed by atoms with Crippen LogP contribution in [0.25, 0.3) is 11.4 Å². The van der Waals surface area contributed by atoms with Gasteiger partial charge in [0.2, 0.25) is 5.91 Å². The summed E-state index contributed by atoms with van der Waals surface area (Å²) in [6, 6.07) is 8.03. The Labute approximate surface area is 170 Å². The van der Waals surface area contributed by atoms with Crippen LogP contribution in [0.4, 0.5) is 8.78 Å². The number of furan rings is 1. The molecular weight excluding hydrogens is 402 g/mol. The number of rotatable bonds is 8. The molecule has 0 unspecified atom stereocenters. The van der Waals surface area contributed by atoms with Crippen LogP contribution in [0, 0.1) is 6.92 Å². The monoisotopic (exact) mass is 422 g/mol. The minimum atomic E-state index is -2.86. The van der Waals surface area contributed by atoms with Crippen LogP contribution in [0.2, 0.25) is 0 Å². The maximum Gasteiger partial charge on any atom is 0.387 e. The Kier molecular flexibility index (Phi) is 6.53. The number of benzene rings is 1. The van der Waals surface area contributed by atoms with E-state index in [2.05, 4.69) is 14.9 Å². The average Bonchev–Trinajstić information content (AvgIpc) is 3.26. The van der Waals surface area contributed by atoms with E-state index < -0.39 is 6.61 Å². The Hall–Kier alpha value is -2.88. The zero-order chi connectivity index (χ0) is 21.0. The molecule has 7 nitrogen and oxygen atoms in total. The number of halogens is 2. The maximum atomic E-state index is 12.4. The first kappa shape index (κ1) is 20.8. The zero-order valence-corrected chi connectivity index (χ0v) is 16.9. The fourth-order valence-electron chi connectivity index (χ4n) is 2.67. The summed E-state index contributed by atoms with van der Waals surface area (Å²) in [4.78, 5) is 14.0. The molecule has 0 N–H and O–H groups in total. The van der Waals surface area contributed by atoms with Gasteiger partial charge in [0, 0.05) is 20.6 Å². The van der Waals surface area contributed by atoms with Crippen LogP contribution >= 0.6 is 11.8 Å². The van der Waals surface area contributed by atoms with E-state index in [9.17, 15) is 13.6 Å². The molecule has 3 aromatic rings. The molecule has 154 valence electrons. The Bertz CT molecular complexity index is 972. The number of ether oxygens (including phenoxy) is 1. The molecule has 0 aliphatic carbocycles. The van der Waals surface area contributed by atoms with Crippen LogP contribution in [0.5, 0.6) is 5.75 Å². The van der Waals surface area contributed by atoms with Gasteiger partial charge in [0.05, 0.1) is 17.6 Å². The van der Waals surface area contributed by atoms with Crippen LogP contribution in [0.3, 0.4) is 0 Å². The Morgan fingerprint density at radius 1 is 1.28 bits per heavy atom. The van der Waals surface area contributed by atoms with Crippen molar-refractivity contribution < 1.29 is 22.7 Å². The van der Waals surface area contributed by atoms with Crippen LogP contribution < -0.4 is 4.74 Å². The highest BCUT2D eigenvalue weighted by molar-refractivity contribution is 7.99. The fourth-order valence-corrected chi connectivity index (χ4v) is 3.52. The number of hydrogen-bond donors (Lipinski definition) is 0. The standard InChI is InChI=1S/C19H20F2N4O3S/c1-12-15(8-9-27-12)17-22-23-19(25(17)3)29-11-16(26)24(2)10-13-4-6-14(7-5-13)28-18(20)21/h4-9,18H,10-11H2,1-3H3. The van der Waals surface area contributed by atoms with Crippen molar-refractivity contribution in [1.29, 1.82) is 0 Å². The molecule has 2 aromatic heterocycles. The molecular formula is C19H20F2N4O3S. The van der Waals surface area contributed by atoms with Crippen molar-refractivity contribution in [3.8, 4) is 17.1 Å². The molecule has 2 heterocycles. The summed E-state index contributed by atoms with van der Waals surface area (Å²) < 4.78 is 35.8. The van der Waals surface area contributed by atoms with Crippen molar-refractivity contribution in [2.24, 2.45) is 7.05 Å². The number of carbonyl (C=O) groups excluding carboxylic acids is 1. The van der Waals surface area contributed by atoms with E-state index in [0.717, 1.165) is 16.9 Å². The molecule has 0 aliphatic rings. The molecule has 29 heavy (non-hydrogen) atoms. The lowest BCUT2D eigenvalue weighted by atomic mass is 10.2. The first-order valence-electron chi connectivity index (χ1n) is 8.69. The third-order valence-corrected chi connectivity index (χ3v) is 5.26. The Balaban J connectivity index is 1.55. The van der Waals surface area contributed by atoms with Gasteiger partial charge in [-0.05, 0) is 30.7 Å². The summed E-state index contributed by atoms with van der Waals surface area (Å²) in [5.74, 6) is 1.61. The number of hydrogen-bond acceptors (Lipinski definition) is 6. The van der Waals surface area contributed by atoms with Gasteiger partial charge in [-0.3, -0.25) is 4.79 Å². The molecule has 0 bridgehead atoms. The van der Waals surface area contributed by atoms with Gasteiger partial charge in [0.1, 0.15) is 11.5 Å². The molecule has 0 radical (unpaired) electrons. The number of nitrogens with zero attached hydrogens (tertiary/aromatic N) is 4. The minimum Gasteiger partial charge on any atom is -0.469 e. The van der Waals surface area contributed by atoms with Crippen molar-refractivity contribution in [2.75, 3.05) is 12.8 Å². The SMILES string of the molecule is Cc1occc1-c1nnc(SCC(=O)N(C)Cc2ccc(OC(F)F)cc2)n1C. The highest BCUT2D eigenvalue weighted by atomic mass is 32.2. The summed E-state index contributed by atoms with van der Waals surface area (Å²) in [6.07, 6.45) is 1.59. The number of aromatic nitrogens is 3. The molecule has 0 saturated heterocycles. The summed E-state index contributed by atoms with van der Waals surface area (Å²) in [5, 5.41) is 8.95. The molecule has 0 atom stereocenters. The molecule has 3 rings (SSSR count). The second kappa shape index (κ2) is 9.08. The highest BCUT2D eigenvalue weighted by Gasteiger charge is 2.17. The second-order valence-corrected chi connectivity index (χ2v) is 7.26. The van der Waals surface area contributed by atoms with Gasteiger partial charge in [-0.1, -0.05) is 23.9 Å². The number of thioether (sulfide) groups is 1. The Morgan fingerprint density at radius 3 is 2.62 bits per heavy atom. The lowest BCUT2D eigenvalue weighted by Crippen LogP contribution is -2.27. The van der Waals surface area contributed by atoms with E-state index in [1.165, 1.54) is 23.9 Å². The van der Waals surface area contributed by atoms with E-state index in [0.29, 0.717) is 17.5 Å². The van der Waals surface area contributed by atoms with E-state index >= 15 is 0 Å². The average molecular weight is 422 g/mol. The van der Waals surface area contributed by atoms with Gasteiger partial charge in [0.15, 0.2) is 11.0 Å². The maximum absolute atomic E-state index is 12.4. The fraction of sp³-hybridized carbons (Fsp3) is 0.316. The number of alkyl halides is 2. The second-order valence-electron chi connectivity index (χ2n) is 6.32. The van der Waals surface area contributed by atoms with Crippen molar-refractivity contribution >= 4 is 17.7 Å². The number of carbonyl (C=O) groups is 1. The predicted molar refractivity (Wildman–Crippen MR) is 104 cm³/mol. The molecule has 10 heteroatoms. The van der Waals surface area contributed by atoms with Crippen molar-refractivity contribution in [3.63, 3.8) is 0 Å². The van der Waals surface area contributed by atoms with Crippen molar-refractivity contribution in [1.82, 2.24) is 19.7 Å². The van der Waals surface area contributed by atoms with E-state index in [-0.39, 0.29) is 17.4 Å². The van der Waals surface area contributed by atoms with E-state index in [4.69, 9.17) is 4.42 Å². The van der Waals surface area contributed by atoms with Gasteiger partial charge in [-0.25, -0.2) is 0 Å². The van der Waals surface area contributed by atoms with Gasteiger partial charge in [0.25, 0.3) is 0 Å². The number of aryl methyl sites for hydroxylation is 1. The minimum absolute atomic E-state index is 0.0826. The van der Waals surface area contributed by atoms with Gasteiger partial charge < -0.3 is 18.6 Å². The quantitative estimate of drug-likeness (QED) is 0.515. The topological polar surface area (TPSA) is 73.4 Å². The van der Waals surface area contributed by atoms with Crippen molar-refractivity contribution in [3.05, 3.63) is 47.9 Å². The third-order valence-electron chi connectivity index (χ3n) is 4.25. The van der Waals surface area contributed by atoms with Crippen LogP contribution in [0.1, 0.15) is 11.3 Å². The molecule has 0 aliphatic heterocycles. The summed E-state index contributed by atoms with van der Waals surface area (Å²) in [7, 11) is 3.52. The highest BCUT2D eigenvalue weighted by Crippen LogP contribution is 2.26. The van der Waals surface area contributed by atoms with E-state index in [1.807, 2.05) is 24.6 Å². The van der Waals surface area contributed by atoms with Gasteiger partial charge in [-0.15, -0.1) is 10.2 Å². The molecule has 0 fully saturated rings. The van der Waals surface area contributed by atoms with Gasteiger partial charge in [-0.2, -0.15) is 8.78 Å². The van der Waals surface area contributed by atoms with E-state index in [1.54, 1.807) is 30.3 Å². The predicted octanol–water partition coefficient (Wildman–Crippen LogP) is 3.74. The first-order chi connectivity index (χ1) is 13.8. The molecule has 1 amide bonds. The van der Waals surface area contributed by atoms with Gasteiger partial charge >= 0.3 is 6.61 Å². The Morgan fingerprint density at radius 2 is 2.00 bits per heavy atom. The lowest BCUT2D eigenvalue weighted by molar-refractivity contribution is -0.127. The zero-order valence-electron chi connectivity index (χ0n) is 16.1. The summed E-state index contributed by atoms with van der Waals surface area (Å²) >= 11 is 1.29. The lowest BCUT2D eigenvalue weighted by Gasteiger charge is -2.17. The smallest absolute Gasteiger partial charge is 0.387 e. The number of amides is 1. The van der Waals surface area contributed by atoms with Crippen LogP contribution in [0.15, 0.2) is 46.2 Å². The summed E-state index contributed by atoms with van der Waals surface area (Å²) in [5.41, 5.74) is 1.67. The first-order valence-corrected chi connectivity index (χ1v) is 9.68. The largest absolute Gasteiger partial charge is 0.469 e. The molecule has 1 aromatic carbocycles. The molecule has 0 spiro atoms. The summed E-state index contributed by atoms with van der Waals surface area (Å²) in [6.45, 7) is -0.658. The van der Waals surface area contributed by atoms with Crippen LogP contribution in [-0.2, 0) is 18.4 Å². The van der Waals surface area contributed by atoms with Crippen molar-refractivity contribution in [2.45, 2.75) is 25.2 Å². The van der Waals surface area contributed by atoms with Crippen LogP contribution in [-0.4, -0.2) is 45.0 Å². The normalized spacial score (nSPS) is 11.1. The molecule has 0 saturated carbocycles. The third kappa shape index (κ3) is 5.14.